The SMILES string of the molecule is CCn1c(=O)n(CCc2cccc(OC)c2)c(=O)c2ccccc21. The fraction of sp³-hybridized carbons (Fsp3) is 0.263. The van der Waals surface area contributed by atoms with Crippen LogP contribution in [-0.4, -0.2) is 16.2 Å². The van der Waals surface area contributed by atoms with Gasteiger partial charge in [0.25, 0.3) is 5.56 Å². The lowest BCUT2D eigenvalue weighted by Gasteiger charge is -2.12. The number of nitrogens with zero attached hydrogens (tertiary/aromatic N) is 2. The predicted octanol–water partition coefficient (Wildman–Crippen LogP) is 2.43. The van der Waals surface area contributed by atoms with Gasteiger partial charge >= 0.3 is 5.69 Å². The number of fused-ring (bicyclic) bond motifs is 1. The maximum Gasteiger partial charge on any atom is 0.331 e. The lowest BCUT2D eigenvalue weighted by Crippen LogP contribution is -2.40. The Morgan fingerprint density at radius 2 is 1.79 bits per heavy atom. The molecule has 0 radical (unpaired) electrons. The Kier molecular flexibility index (Phi) is 4.51. The van der Waals surface area contributed by atoms with E-state index in [1.807, 2.05) is 49.4 Å². The summed E-state index contributed by atoms with van der Waals surface area (Å²) in [5.74, 6) is 0.768. The molecule has 2 aromatic carbocycles. The summed E-state index contributed by atoms with van der Waals surface area (Å²) in [6.07, 6.45) is 0.592. The number of aromatic nitrogens is 2. The predicted molar refractivity (Wildman–Crippen MR) is 94.8 cm³/mol. The Balaban J connectivity index is 2.03. The van der Waals surface area contributed by atoms with Gasteiger partial charge in [-0.3, -0.25) is 13.9 Å². The summed E-state index contributed by atoms with van der Waals surface area (Å²) in [4.78, 5) is 25.4. The van der Waals surface area contributed by atoms with E-state index in [1.165, 1.54) is 4.57 Å². The molecule has 0 bridgehead atoms. The van der Waals surface area contributed by atoms with Crippen molar-refractivity contribution in [3.8, 4) is 5.75 Å². The van der Waals surface area contributed by atoms with Gasteiger partial charge in [0.2, 0.25) is 0 Å². The molecule has 0 atom stereocenters. The van der Waals surface area contributed by atoms with Crippen molar-refractivity contribution in [2.24, 2.45) is 0 Å². The van der Waals surface area contributed by atoms with Crippen LogP contribution in [0.3, 0.4) is 0 Å². The molecule has 0 saturated carbocycles. The standard InChI is InChI=1S/C19H20N2O3/c1-3-20-17-10-5-4-9-16(17)18(22)21(19(20)23)12-11-14-7-6-8-15(13-14)24-2/h4-10,13H,3,11-12H2,1-2H3. The highest BCUT2D eigenvalue weighted by Crippen LogP contribution is 2.13. The molecule has 0 fully saturated rings. The minimum Gasteiger partial charge on any atom is -0.497 e. The Hall–Kier alpha value is -2.82. The van der Waals surface area contributed by atoms with E-state index in [0.717, 1.165) is 11.3 Å². The van der Waals surface area contributed by atoms with Crippen molar-refractivity contribution in [3.63, 3.8) is 0 Å². The van der Waals surface area contributed by atoms with Crippen LogP contribution in [0.25, 0.3) is 10.9 Å². The molecular formula is C19H20N2O3. The third-order valence-electron chi connectivity index (χ3n) is 4.21. The minimum atomic E-state index is -0.260. The van der Waals surface area contributed by atoms with Crippen LogP contribution >= 0.6 is 0 Å². The number of aryl methyl sites for hydroxylation is 2. The molecule has 5 nitrogen and oxygen atoms in total. The van der Waals surface area contributed by atoms with Crippen molar-refractivity contribution in [2.45, 2.75) is 26.4 Å². The molecule has 0 spiro atoms. The lowest BCUT2D eigenvalue weighted by molar-refractivity contribution is 0.414. The van der Waals surface area contributed by atoms with E-state index in [2.05, 4.69) is 0 Å². The third kappa shape index (κ3) is 2.85. The Labute approximate surface area is 139 Å². The second-order valence-corrected chi connectivity index (χ2v) is 5.60. The second kappa shape index (κ2) is 6.74. The molecule has 0 N–H and O–H groups in total. The van der Waals surface area contributed by atoms with Crippen molar-refractivity contribution in [1.29, 1.82) is 0 Å². The molecule has 0 unspecified atom stereocenters. The molecule has 3 rings (SSSR count). The first-order chi connectivity index (χ1) is 11.7. The van der Waals surface area contributed by atoms with Crippen LogP contribution in [0.1, 0.15) is 12.5 Å². The Bertz CT molecular complexity index is 986. The molecule has 0 amide bonds. The third-order valence-corrected chi connectivity index (χ3v) is 4.21. The average molecular weight is 324 g/mol. The smallest absolute Gasteiger partial charge is 0.331 e. The average Bonchev–Trinajstić information content (AvgIpc) is 2.62. The monoisotopic (exact) mass is 324 g/mol. The van der Waals surface area contributed by atoms with Crippen LogP contribution in [-0.2, 0) is 19.5 Å². The maximum absolute atomic E-state index is 12.7. The van der Waals surface area contributed by atoms with E-state index in [0.29, 0.717) is 30.4 Å². The van der Waals surface area contributed by atoms with E-state index >= 15 is 0 Å². The molecule has 1 heterocycles. The van der Waals surface area contributed by atoms with Crippen molar-refractivity contribution in [2.75, 3.05) is 7.11 Å². The topological polar surface area (TPSA) is 53.2 Å². The molecule has 0 saturated heterocycles. The van der Waals surface area contributed by atoms with Crippen molar-refractivity contribution in [3.05, 3.63) is 74.9 Å². The fourth-order valence-electron chi connectivity index (χ4n) is 2.94. The number of benzene rings is 2. The molecule has 0 aliphatic carbocycles. The largest absolute Gasteiger partial charge is 0.497 e. The van der Waals surface area contributed by atoms with Gasteiger partial charge in [-0.05, 0) is 43.2 Å². The molecule has 1 aromatic heterocycles. The van der Waals surface area contributed by atoms with Crippen LogP contribution in [0.4, 0.5) is 0 Å². The van der Waals surface area contributed by atoms with E-state index in [9.17, 15) is 9.59 Å². The molecule has 3 aromatic rings. The van der Waals surface area contributed by atoms with Gasteiger partial charge in [-0.25, -0.2) is 4.79 Å². The summed E-state index contributed by atoms with van der Waals surface area (Å²) in [5.41, 5.74) is 1.22. The van der Waals surface area contributed by atoms with Crippen LogP contribution in [0, 0.1) is 0 Å². The van der Waals surface area contributed by atoms with Gasteiger partial charge in [-0.1, -0.05) is 24.3 Å². The minimum absolute atomic E-state index is 0.233. The number of rotatable bonds is 5. The first kappa shape index (κ1) is 16.1. The molecule has 0 aliphatic rings. The van der Waals surface area contributed by atoms with Gasteiger partial charge in [-0.2, -0.15) is 0 Å². The summed E-state index contributed by atoms with van der Waals surface area (Å²) >= 11 is 0. The van der Waals surface area contributed by atoms with E-state index < -0.39 is 0 Å². The highest BCUT2D eigenvalue weighted by atomic mass is 16.5. The van der Waals surface area contributed by atoms with E-state index in [4.69, 9.17) is 4.74 Å². The van der Waals surface area contributed by atoms with Gasteiger partial charge in [0.05, 0.1) is 18.0 Å². The van der Waals surface area contributed by atoms with Crippen molar-refractivity contribution < 1.29 is 4.74 Å². The number of ether oxygens (including phenoxy) is 1. The number of hydrogen-bond acceptors (Lipinski definition) is 3. The zero-order valence-corrected chi connectivity index (χ0v) is 13.9. The number of hydrogen-bond donors (Lipinski definition) is 0. The first-order valence-electron chi connectivity index (χ1n) is 8.01. The highest BCUT2D eigenvalue weighted by Gasteiger charge is 2.11. The molecule has 0 aliphatic heterocycles. The van der Waals surface area contributed by atoms with Crippen LogP contribution in [0.5, 0.6) is 5.75 Å². The Morgan fingerprint density at radius 1 is 1.00 bits per heavy atom. The van der Waals surface area contributed by atoms with Crippen molar-refractivity contribution in [1.82, 2.24) is 9.13 Å². The maximum atomic E-state index is 12.7. The summed E-state index contributed by atoms with van der Waals surface area (Å²) in [6, 6.07) is 14.9. The highest BCUT2D eigenvalue weighted by molar-refractivity contribution is 5.77. The summed E-state index contributed by atoms with van der Waals surface area (Å²) < 4.78 is 8.18. The van der Waals surface area contributed by atoms with Crippen molar-refractivity contribution >= 4 is 10.9 Å². The molecule has 124 valence electrons. The quantitative estimate of drug-likeness (QED) is 0.724. The van der Waals surface area contributed by atoms with Crippen LogP contribution in [0.15, 0.2) is 58.1 Å². The van der Waals surface area contributed by atoms with Gasteiger partial charge in [-0.15, -0.1) is 0 Å². The number of methoxy groups -OCH3 is 1. The van der Waals surface area contributed by atoms with Crippen LogP contribution in [0.2, 0.25) is 0 Å². The summed E-state index contributed by atoms with van der Waals surface area (Å²) in [7, 11) is 1.62. The second-order valence-electron chi connectivity index (χ2n) is 5.60. The zero-order valence-electron chi connectivity index (χ0n) is 13.9. The summed E-state index contributed by atoms with van der Waals surface area (Å²) in [6.45, 7) is 2.78. The lowest BCUT2D eigenvalue weighted by atomic mass is 10.1. The molecule has 5 heteroatoms. The molecular weight excluding hydrogens is 304 g/mol. The van der Waals surface area contributed by atoms with Gasteiger partial charge < -0.3 is 4.74 Å². The number of para-hydroxylation sites is 1. The fourth-order valence-corrected chi connectivity index (χ4v) is 2.94. The summed E-state index contributed by atoms with van der Waals surface area (Å²) in [5, 5.41) is 0.574. The Morgan fingerprint density at radius 3 is 2.54 bits per heavy atom. The van der Waals surface area contributed by atoms with Gasteiger partial charge in [0.1, 0.15) is 5.75 Å². The van der Waals surface area contributed by atoms with Gasteiger partial charge in [0.15, 0.2) is 0 Å². The first-order valence-corrected chi connectivity index (χ1v) is 8.01. The van der Waals surface area contributed by atoms with E-state index in [1.54, 1.807) is 17.7 Å². The van der Waals surface area contributed by atoms with E-state index in [-0.39, 0.29) is 11.2 Å². The van der Waals surface area contributed by atoms with Crippen LogP contribution < -0.4 is 16.0 Å². The van der Waals surface area contributed by atoms with Gasteiger partial charge in [0, 0.05) is 13.1 Å². The normalized spacial score (nSPS) is 10.9. The molecule has 24 heavy (non-hydrogen) atoms. The zero-order chi connectivity index (χ0) is 17.1.